The van der Waals surface area contributed by atoms with Crippen molar-refractivity contribution in [3.63, 3.8) is 0 Å². The molecular weight excluding hydrogens is 300 g/mol. The van der Waals surface area contributed by atoms with Crippen LogP contribution in [0.25, 0.3) is 0 Å². The molecule has 0 unspecified atom stereocenters. The first kappa shape index (κ1) is 13.4. The van der Waals surface area contributed by atoms with Crippen molar-refractivity contribution in [1.82, 2.24) is 0 Å². The van der Waals surface area contributed by atoms with E-state index in [4.69, 9.17) is 14.2 Å². The van der Waals surface area contributed by atoms with Gasteiger partial charge in [0.25, 0.3) is 0 Å². The maximum absolute atomic E-state index is 11.9. The molecule has 0 aliphatic carbocycles. The number of ether oxygens (including phenoxy) is 3. The van der Waals surface area contributed by atoms with Crippen LogP contribution in [0.1, 0.15) is 24.2 Å². The molecule has 0 radical (unpaired) electrons. The van der Waals surface area contributed by atoms with Gasteiger partial charge in [0.05, 0.1) is 20.3 Å². The Kier molecular flexibility index (Phi) is 4.24. The Balaban J connectivity index is 2.45. The first-order valence-corrected chi connectivity index (χ1v) is 6.61. The predicted molar refractivity (Wildman–Crippen MR) is 69.7 cm³/mol. The molecular formula is C13H15BrO4. The fourth-order valence-electron chi connectivity index (χ4n) is 2.11. The Morgan fingerprint density at radius 2 is 2.33 bits per heavy atom. The number of rotatable bonds is 3. The summed E-state index contributed by atoms with van der Waals surface area (Å²) < 4.78 is 16.8. The van der Waals surface area contributed by atoms with E-state index in [1.165, 1.54) is 0 Å². The van der Waals surface area contributed by atoms with Crippen LogP contribution >= 0.6 is 15.9 Å². The maximum atomic E-state index is 11.9. The molecule has 0 saturated carbocycles. The smallest absolute Gasteiger partial charge is 0.339 e. The van der Waals surface area contributed by atoms with E-state index in [-0.39, 0.29) is 5.97 Å². The van der Waals surface area contributed by atoms with Crippen LogP contribution in [-0.4, -0.2) is 26.3 Å². The normalized spacial score (nSPS) is 18.1. The number of halogens is 1. The molecule has 0 N–H and O–H groups in total. The average Bonchev–Trinajstić information content (AvgIpc) is 2.39. The number of benzene rings is 1. The van der Waals surface area contributed by atoms with Crippen molar-refractivity contribution in [2.45, 2.75) is 19.4 Å². The number of carbonyl (C=O) groups is 1. The molecule has 1 heterocycles. The van der Waals surface area contributed by atoms with E-state index in [0.717, 1.165) is 27.8 Å². The molecule has 2 rings (SSSR count). The van der Waals surface area contributed by atoms with Crippen molar-refractivity contribution >= 4 is 21.9 Å². The van der Waals surface area contributed by atoms with Crippen molar-refractivity contribution in [3.05, 3.63) is 27.7 Å². The molecule has 5 heteroatoms. The highest BCUT2D eigenvalue weighted by Crippen LogP contribution is 2.38. The molecule has 1 aliphatic rings. The molecule has 0 spiro atoms. The molecule has 18 heavy (non-hydrogen) atoms. The summed E-state index contributed by atoms with van der Waals surface area (Å²) in [5.74, 6) is 0.429. The molecule has 98 valence electrons. The third kappa shape index (κ3) is 2.37. The second kappa shape index (κ2) is 5.71. The van der Waals surface area contributed by atoms with E-state index in [1.807, 2.05) is 12.1 Å². The van der Waals surface area contributed by atoms with Crippen LogP contribution in [0.5, 0.6) is 5.75 Å². The van der Waals surface area contributed by atoms with E-state index in [2.05, 4.69) is 15.9 Å². The molecule has 4 nitrogen and oxygen atoms in total. The lowest BCUT2D eigenvalue weighted by Gasteiger charge is -2.27. The Bertz CT molecular complexity index is 459. The quantitative estimate of drug-likeness (QED) is 0.805. The summed E-state index contributed by atoms with van der Waals surface area (Å²) in [5.41, 5.74) is 1.83. The van der Waals surface area contributed by atoms with Gasteiger partial charge in [0.15, 0.2) is 6.10 Å². The van der Waals surface area contributed by atoms with Crippen LogP contribution < -0.4 is 4.74 Å². The molecule has 1 aromatic rings. The van der Waals surface area contributed by atoms with Crippen LogP contribution in [0.3, 0.4) is 0 Å². The van der Waals surface area contributed by atoms with Crippen molar-refractivity contribution in [2.75, 3.05) is 20.3 Å². The first-order valence-electron chi connectivity index (χ1n) is 5.82. The number of esters is 1. The number of hydrogen-bond acceptors (Lipinski definition) is 4. The number of hydrogen-bond donors (Lipinski definition) is 0. The van der Waals surface area contributed by atoms with E-state index in [0.29, 0.717) is 13.2 Å². The second-order valence-electron chi connectivity index (χ2n) is 3.89. The van der Waals surface area contributed by atoms with E-state index in [1.54, 1.807) is 14.0 Å². The highest BCUT2D eigenvalue weighted by Gasteiger charge is 2.32. The second-order valence-corrected chi connectivity index (χ2v) is 4.75. The van der Waals surface area contributed by atoms with Crippen molar-refractivity contribution in [3.8, 4) is 5.75 Å². The van der Waals surface area contributed by atoms with Crippen molar-refractivity contribution in [2.24, 2.45) is 0 Å². The van der Waals surface area contributed by atoms with Gasteiger partial charge < -0.3 is 14.2 Å². The lowest BCUT2D eigenvalue weighted by Crippen LogP contribution is -2.26. The minimum atomic E-state index is -0.668. The van der Waals surface area contributed by atoms with Crippen LogP contribution in [0.15, 0.2) is 16.6 Å². The van der Waals surface area contributed by atoms with E-state index < -0.39 is 6.10 Å². The van der Waals surface area contributed by atoms with Gasteiger partial charge in [0, 0.05) is 15.6 Å². The number of carbonyl (C=O) groups excluding carboxylic acids is 1. The predicted octanol–water partition coefficient (Wildman–Crippen LogP) is 2.63. The van der Waals surface area contributed by atoms with Crippen molar-refractivity contribution < 1.29 is 19.0 Å². The molecule has 0 aromatic heterocycles. The standard InChI is InChI=1S/C13H15BrO4/c1-3-17-13(15)12-11-8(6-7-18-12)10(16-2)5-4-9(11)14/h4-5,12H,3,6-7H2,1-2H3/t12-/m0/s1. The Morgan fingerprint density at radius 3 is 3.00 bits per heavy atom. The Labute approximate surface area is 114 Å². The van der Waals surface area contributed by atoms with Gasteiger partial charge in [0.1, 0.15) is 5.75 Å². The van der Waals surface area contributed by atoms with Gasteiger partial charge in [0.2, 0.25) is 0 Å². The van der Waals surface area contributed by atoms with E-state index >= 15 is 0 Å². The highest BCUT2D eigenvalue weighted by atomic mass is 79.9. The minimum Gasteiger partial charge on any atom is -0.496 e. The summed E-state index contributed by atoms with van der Waals surface area (Å²) in [6.07, 6.45) is 0.0617. The monoisotopic (exact) mass is 314 g/mol. The average molecular weight is 315 g/mol. The summed E-state index contributed by atoms with van der Waals surface area (Å²) in [7, 11) is 1.62. The van der Waals surface area contributed by atoms with Crippen LogP contribution in [-0.2, 0) is 20.7 Å². The van der Waals surface area contributed by atoms with Gasteiger partial charge in [-0.15, -0.1) is 0 Å². The molecule has 1 aromatic carbocycles. The Hall–Kier alpha value is -1.07. The summed E-state index contributed by atoms with van der Waals surface area (Å²) in [6.45, 7) is 2.61. The fourth-order valence-corrected chi connectivity index (χ4v) is 2.69. The SMILES string of the molecule is CCOC(=O)[C@H]1OCCc2c(OC)ccc(Br)c21. The Morgan fingerprint density at radius 1 is 1.56 bits per heavy atom. The minimum absolute atomic E-state index is 0.343. The number of methoxy groups -OCH3 is 1. The molecule has 0 amide bonds. The molecule has 1 aliphatic heterocycles. The van der Waals surface area contributed by atoms with Crippen molar-refractivity contribution in [1.29, 1.82) is 0 Å². The highest BCUT2D eigenvalue weighted by molar-refractivity contribution is 9.10. The fraction of sp³-hybridized carbons (Fsp3) is 0.462. The third-order valence-corrected chi connectivity index (χ3v) is 3.57. The van der Waals surface area contributed by atoms with Crippen LogP contribution in [0.4, 0.5) is 0 Å². The van der Waals surface area contributed by atoms with Gasteiger partial charge in [-0.25, -0.2) is 4.79 Å². The summed E-state index contributed by atoms with van der Waals surface area (Å²) >= 11 is 3.46. The summed E-state index contributed by atoms with van der Waals surface area (Å²) in [6, 6.07) is 3.75. The molecule has 0 fully saturated rings. The van der Waals surface area contributed by atoms with Gasteiger partial charge in [-0.1, -0.05) is 15.9 Å². The molecule has 0 bridgehead atoms. The van der Waals surface area contributed by atoms with Crippen LogP contribution in [0.2, 0.25) is 0 Å². The lowest BCUT2D eigenvalue weighted by atomic mass is 9.96. The lowest BCUT2D eigenvalue weighted by molar-refractivity contribution is -0.158. The van der Waals surface area contributed by atoms with Gasteiger partial charge >= 0.3 is 5.97 Å². The zero-order valence-electron chi connectivity index (χ0n) is 10.4. The maximum Gasteiger partial charge on any atom is 0.339 e. The van der Waals surface area contributed by atoms with Gasteiger partial charge in [-0.3, -0.25) is 0 Å². The third-order valence-electron chi connectivity index (χ3n) is 2.88. The van der Waals surface area contributed by atoms with E-state index in [9.17, 15) is 4.79 Å². The zero-order valence-corrected chi connectivity index (χ0v) is 12.0. The summed E-state index contributed by atoms with van der Waals surface area (Å²) in [4.78, 5) is 11.9. The van der Waals surface area contributed by atoms with Gasteiger partial charge in [-0.05, 0) is 25.5 Å². The largest absolute Gasteiger partial charge is 0.496 e. The van der Waals surface area contributed by atoms with Crippen LogP contribution in [0, 0.1) is 0 Å². The number of fused-ring (bicyclic) bond motifs is 1. The zero-order chi connectivity index (χ0) is 13.1. The van der Waals surface area contributed by atoms with Gasteiger partial charge in [-0.2, -0.15) is 0 Å². The first-order chi connectivity index (χ1) is 8.69. The summed E-state index contributed by atoms with van der Waals surface area (Å²) in [5, 5.41) is 0. The topological polar surface area (TPSA) is 44.8 Å². The molecule has 1 atom stereocenters. The molecule has 0 saturated heterocycles.